The highest BCUT2D eigenvalue weighted by molar-refractivity contribution is 5.90. The molecule has 2 heteroatoms. The predicted molar refractivity (Wildman–Crippen MR) is 69.0 cm³/mol. The summed E-state index contributed by atoms with van der Waals surface area (Å²) in [5, 5.41) is 2.06. The molecule has 2 aromatic rings. The van der Waals surface area contributed by atoms with Gasteiger partial charge in [0.15, 0.2) is 0 Å². The molecule has 17 heavy (non-hydrogen) atoms. The second kappa shape index (κ2) is 5.00. The standard InChI is InChI=1S/C15H16O2/c1-11(2)10-15(16)17-14-9-5-7-12-6-3-4-8-13(12)14/h3-9,11H,10H2,1-2H3. The molecule has 88 valence electrons. The summed E-state index contributed by atoms with van der Waals surface area (Å²) in [6, 6.07) is 13.6. The summed E-state index contributed by atoms with van der Waals surface area (Å²) in [7, 11) is 0. The predicted octanol–water partition coefficient (Wildman–Crippen LogP) is 3.79. The quantitative estimate of drug-likeness (QED) is 0.590. The molecule has 0 saturated carbocycles. The second-order valence-corrected chi connectivity index (χ2v) is 4.55. The Morgan fingerprint density at radius 1 is 1.12 bits per heavy atom. The van der Waals surface area contributed by atoms with Gasteiger partial charge in [0.1, 0.15) is 5.75 Å². The van der Waals surface area contributed by atoms with Crippen LogP contribution < -0.4 is 4.74 Å². The third kappa shape index (κ3) is 2.84. The van der Waals surface area contributed by atoms with E-state index in [-0.39, 0.29) is 5.97 Å². The van der Waals surface area contributed by atoms with Crippen molar-refractivity contribution in [3.05, 3.63) is 42.5 Å². The molecule has 0 aliphatic carbocycles. The van der Waals surface area contributed by atoms with Crippen LogP contribution in [0.15, 0.2) is 42.5 Å². The largest absolute Gasteiger partial charge is 0.426 e. The van der Waals surface area contributed by atoms with Crippen LogP contribution in [-0.2, 0) is 4.79 Å². The Bertz CT molecular complexity index is 524. The minimum atomic E-state index is -0.170. The van der Waals surface area contributed by atoms with Crippen LogP contribution in [0.3, 0.4) is 0 Å². The Balaban J connectivity index is 2.27. The smallest absolute Gasteiger partial charge is 0.311 e. The number of carbonyl (C=O) groups excluding carboxylic acids is 1. The summed E-state index contributed by atoms with van der Waals surface area (Å²) < 4.78 is 5.40. The Morgan fingerprint density at radius 3 is 2.59 bits per heavy atom. The van der Waals surface area contributed by atoms with Gasteiger partial charge < -0.3 is 4.74 Å². The summed E-state index contributed by atoms with van der Waals surface area (Å²) in [5.74, 6) is 0.794. The molecular formula is C15H16O2. The van der Waals surface area contributed by atoms with Crippen molar-refractivity contribution in [1.29, 1.82) is 0 Å². The fourth-order valence-electron chi connectivity index (χ4n) is 1.78. The van der Waals surface area contributed by atoms with Crippen molar-refractivity contribution in [2.45, 2.75) is 20.3 Å². The number of ether oxygens (including phenoxy) is 1. The zero-order chi connectivity index (χ0) is 12.3. The number of hydrogen-bond donors (Lipinski definition) is 0. The Labute approximate surface area is 101 Å². The van der Waals surface area contributed by atoms with E-state index in [1.807, 2.05) is 56.3 Å². The Hall–Kier alpha value is -1.83. The lowest BCUT2D eigenvalue weighted by molar-refractivity contribution is -0.135. The molecule has 0 fully saturated rings. The van der Waals surface area contributed by atoms with Gasteiger partial charge in [-0.15, -0.1) is 0 Å². The van der Waals surface area contributed by atoms with E-state index in [4.69, 9.17) is 4.74 Å². The average Bonchev–Trinajstić information content (AvgIpc) is 2.28. The van der Waals surface area contributed by atoms with Gasteiger partial charge in [-0.25, -0.2) is 0 Å². The van der Waals surface area contributed by atoms with E-state index in [0.29, 0.717) is 18.1 Å². The van der Waals surface area contributed by atoms with Gasteiger partial charge in [-0.3, -0.25) is 4.79 Å². The number of hydrogen-bond acceptors (Lipinski definition) is 2. The van der Waals surface area contributed by atoms with Crippen molar-refractivity contribution in [1.82, 2.24) is 0 Å². The SMILES string of the molecule is CC(C)CC(=O)Oc1cccc2ccccc12. The van der Waals surface area contributed by atoms with Crippen molar-refractivity contribution < 1.29 is 9.53 Å². The Morgan fingerprint density at radius 2 is 1.82 bits per heavy atom. The van der Waals surface area contributed by atoms with Crippen LogP contribution in [-0.4, -0.2) is 5.97 Å². The van der Waals surface area contributed by atoms with Gasteiger partial charge in [0.25, 0.3) is 0 Å². The molecule has 0 aliphatic rings. The molecule has 0 unspecified atom stereocenters. The van der Waals surface area contributed by atoms with E-state index in [9.17, 15) is 4.79 Å². The number of esters is 1. The van der Waals surface area contributed by atoms with E-state index in [1.165, 1.54) is 0 Å². The third-order valence-electron chi connectivity index (χ3n) is 2.55. The van der Waals surface area contributed by atoms with Crippen LogP contribution in [0.4, 0.5) is 0 Å². The summed E-state index contributed by atoms with van der Waals surface area (Å²) in [6.45, 7) is 4.01. The zero-order valence-corrected chi connectivity index (χ0v) is 10.1. The van der Waals surface area contributed by atoms with Crippen molar-refractivity contribution in [2.24, 2.45) is 5.92 Å². The summed E-state index contributed by atoms with van der Waals surface area (Å²) in [5.41, 5.74) is 0. The molecule has 0 spiro atoms. The van der Waals surface area contributed by atoms with Crippen molar-refractivity contribution >= 4 is 16.7 Å². The van der Waals surface area contributed by atoms with Crippen LogP contribution in [0.1, 0.15) is 20.3 Å². The van der Waals surface area contributed by atoms with Crippen LogP contribution in [0.5, 0.6) is 5.75 Å². The van der Waals surface area contributed by atoms with Gasteiger partial charge in [-0.1, -0.05) is 50.2 Å². The van der Waals surface area contributed by atoms with Crippen molar-refractivity contribution in [3.8, 4) is 5.75 Å². The molecule has 2 rings (SSSR count). The number of carbonyl (C=O) groups is 1. The van der Waals surface area contributed by atoms with E-state index < -0.39 is 0 Å². The number of fused-ring (bicyclic) bond motifs is 1. The first-order valence-electron chi connectivity index (χ1n) is 5.85. The molecule has 0 saturated heterocycles. The second-order valence-electron chi connectivity index (χ2n) is 4.55. The highest BCUT2D eigenvalue weighted by Crippen LogP contribution is 2.25. The summed E-state index contributed by atoms with van der Waals surface area (Å²) in [6.07, 6.45) is 0.448. The molecule has 0 bridgehead atoms. The molecule has 0 amide bonds. The minimum absolute atomic E-state index is 0.170. The van der Waals surface area contributed by atoms with Gasteiger partial charge in [0.05, 0.1) is 0 Å². The van der Waals surface area contributed by atoms with Gasteiger partial charge in [-0.05, 0) is 17.4 Å². The molecular weight excluding hydrogens is 212 g/mol. The normalized spacial score (nSPS) is 10.8. The molecule has 0 N–H and O–H groups in total. The highest BCUT2D eigenvalue weighted by atomic mass is 16.5. The molecule has 2 nitrogen and oxygen atoms in total. The van der Waals surface area contributed by atoms with Crippen LogP contribution >= 0.6 is 0 Å². The van der Waals surface area contributed by atoms with E-state index >= 15 is 0 Å². The lowest BCUT2D eigenvalue weighted by Crippen LogP contribution is -2.10. The third-order valence-corrected chi connectivity index (χ3v) is 2.55. The fourth-order valence-corrected chi connectivity index (χ4v) is 1.78. The Kier molecular flexibility index (Phi) is 3.43. The molecule has 0 heterocycles. The van der Waals surface area contributed by atoms with E-state index in [1.54, 1.807) is 0 Å². The summed E-state index contributed by atoms with van der Waals surface area (Å²) in [4.78, 5) is 11.6. The topological polar surface area (TPSA) is 26.3 Å². The number of benzene rings is 2. The first kappa shape index (κ1) is 11.6. The zero-order valence-electron chi connectivity index (χ0n) is 10.1. The van der Waals surface area contributed by atoms with Crippen molar-refractivity contribution in [3.63, 3.8) is 0 Å². The van der Waals surface area contributed by atoms with Crippen LogP contribution in [0, 0.1) is 5.92 Å². The van der Waals surface area contributed by atoms with Gasteiger partial charge in [0.2, 0.25) is 0 Å². The van der Waals surface area contributed by atoms with Gasteiger partial charge >= 0.3 is 5.97 Å². The maximum absolute atomic E-state index is 11.6. The monoisotopic (exact) mass is 228 g/mol. The molecule has 0 atom stereocenters. The minimum Gasteiger partial charge on any atom is -0.426 e. The fraction of sp³-hybridized carbons (Fsp3) is 0.267. The average molecular weight is 228 g/mol. The molecule has 0 aliphatic heterocycles. The first-order chi connectivity index (χ1) is 8.16. The van der Waals surface area contributed by atoms with E-state index in [2.05, 4.69) is 0 Å². The summed E-state index contributed by atoms with van der Waals surface area (Å²) >= 11 is 0. The van der Waals surface area contributed by atoms with E-state index in [0.717, 1.165) is 10.8 Å². The van der Waals surface area contributed by atoms with Crippen molar-refractivity contribution in [2.75, 3.05) is 0 Å². The molecule has 0 aromatic heterocycles. The lowest BCUT2D eigenvalue weighted by atomic mass is 10.1. The van der Waals surface area contributed by atoms with Gasteiger partial charge in [-0.2, -0.15) is 0 Å². The van der Waals surface area contributed by atoms with Gasteiger partial charge in [0, 0.05) is 11.8 Å². The molecule has 0 radical (unpaired) electrons. The maximum Gasteiger partial charge on any atom is 0.311 e. The number of rotatable bonds is 3. The molecule has 2 aromatic carbocycles. The van der Waals surface area contributed by atoms with Crippen LogP contribution in [0.2, 0.25) is 0 Å². The van der Waals surface area contributed by atoms with Crippen LogP contribution in [0.25, 0.3) is 10.8 Å². The highest BCUT2D eigenvalue weighted by Gasteiger charge is 2.09. The lowest BCUT2D eigenvalue weighted by Gasteiger charge is -2.08. The maximum atomic E-state index is 11.6. The first-order valence-corrected chi connectivity index (χ1v) is 5.85.